The van der Waals surface area contributed by atoms with Gasteiger partial charge in [0.1, 0.15) is 6.04 Å². The van der Waals surface area contributed by atoms with Crippen molar-refractivity contribution >= 4 is 11.9 Å². The van der Waals surface area contributed by atoms with Crippen LogP contribution in [0.4, 0.5) is 0 Å². The van der Waals surface area contributed by atoms with Crippen LogP contribution in [0.3, 0.4) is 0 Å². The zero-order valence-electron chi connectivity index (χ0n) is 11.4. The lowest BCUT2D eigenvalue weighted by Crippen LogP contribution is -2.39. The molecule has 1 N–H and O–H groups in total. The second-order valence-corrected chi connectivity index (χ2v) is 4.08. The van der Waals surface area contributed by atoms with Crippen LogP contribution in [-0.2, 0) is 20.9 Å². The fourth-order valence-electron chi connectivity index (χ4n) is 1.53. The van der Waals surface area contributed by atoms with Crippen molar-refractivity contribution in [2.75, 3.05) is 13.7 Å². The van der Waals surface area contributed by atoms with E-state index >= 15 is 0 Å². The maximum Gasteiger partial charge on any atom is 0.328 e. The van der Waals surface area contributed by atoms with E-state index in [0.29, 0.717) is 18.8 Å². The van der Waals surface area contributed by atoms with Crippen LogP contribution < -0.4 is 5.32 Å². The molecule has 0 fully saturated rings. The highest BCUT2D eigenvalue weighted by atomic mass is 16.5. The third-order valence-electron chi connectivity index (χ3n) is 2.51. The molecule has 0 spiro atoms. The molecular weight excluding hydrogens is 246 g/mol. The van der Waals surface area contributed by atoms with Crippen LogP contribution in [0.15, 0.2) is 24.3 Å². The van der Waals surface area contributed by atoms with Crippen LogP contribution >= 0.6 is 0 Å². The summed E-state index contributed by atoms with van der Waals surface area (Å²) < 4.78 is 9.81. The Hall–Kier alpha value is -1.88. The lowest BCUT2D eigenvalue weighted by molar-refractivity contribution is -0.144. The fraction of sp³-hybridized carbons (Fsp3) is 0.429. The summed E-state index contributed by atoms with van der Waals surface area (Å²) in [5.74, 6) is -0.739. The lowest BCUT2D eigenvalue weighted by Gasteiger charge is -2.12. The molecular formula is C14H19NO4. The van der Waals surface area contributed by atoms with Gasteiger partial charge in [-0.2, -0.15) is 0 Å². The van der Waals surface area contributed by atoms with Gasteiger partial charge in [-0.1, -0.05) is 12.1 Å². The van der Waals surface area contributed by atoms with E-state index < -0.39 is 12.0 Å². The Balaban J connectivity index is 2.60. The number of benzene rings is 1. The Morgan fingerprint density at radius 1 is 1.26 bits per heavy atom. The van der Waals surface area contributed by atoms with Crippen molar-refractivity contribution < 1.29 is 19.1 Å². The van der Waals surface area contributed by atoms with Gasteiger partial charge < -0.3 is 14.8 Å². The highest BCUT2D eigenvalue weighted by Crippen LogP contribution is 2.06. The van der Waals surface area contributed by atoms with Crippen LogP contribution in [0.2, 0.25) is 0 Å². The Kier molecular flexibility index (Phi) is 6.02. The second-order valence-electron chi connectivity index (χ2n) is 4.08. The van der Waals surface area contributed by atoms with Crippen molar-refractivity contribution in [1.29, 1.82) is 0 Å². The van der Waals surface area contributed by atoms with Crippen molar-refractivity contribution in [2.45, 2.75) is 26.5 Å². The predicted molar refractivity (Wildman–Crippen MR) is 70.7 cm³/mol. The van der Waals surface area contributed by atoms with Gasteiger partial charge in [0.15, 0.2) is 0 Å². The normalized spacial score (nSPS) is 11.7. The minimum Gasteiger partial charge on any atom is -0.464 e. The van der Waals surface area contributed by atoms with E-state index in [0.717, 1.165) is 5.56 Å². The number of nitrogens with one attached hydrogen (secondary N) is 1. The van der Waals surface area contributed by atoms with Crippen molar-refractivity contribution in [3.05, 3.63) is 35.4 Å². The van der Waals surface area contributed by atoms with E-state index in [4.69, 9.17) is 9.47 Å². The zero-order valence-corrected chi connectivity index (χ0v) is 11.4. The van der Waals surface area contributed by atoms with Gasteiger partial charge in [-0.3, -0.25) is 4.79 Å². The smallest absolute Gasteiger partial charge is 0.328 e. The third-order valence-corrected chi connectivity index (χ3v) is 2.51. The van der Waals surface area contributed by atoms with Gasteiger partial charge in [-0.25, -0.2) is 4.79 Å². The summed E-state index contributed by atoms with van der Waals surface area (Å²) in [5.41, 5.74) is 1.48. The van der Waals surface area contributed by atoms with Crippen molar-refractivity contribution in [3.8, 4) is 0 Å². The number of carbonyl (C=O) groups is 2. The van der Waals surface area contributed by atoms with Crippen LogP contribution in [0.5, 0.6) is 0 Å². The number of methoxy groups -OCH3 is 1. The number of ether oxygens (including phenoxy) is 2. The molecule has 1 atom stereocenters. The average Bonchev–Trinajstić information content (AvgIpc) is 2.40. The molecule has 0 aliphatic rings. The van der Waals surface area contributed by atoms with Crippen molar-refractivity contribution in [2.24, 2.45) is 0 Å². The first kappa shape index (κ1) is 15.2. The maximum absolute atomic E-state index is 11.9. The van der Waals surface area contributed by atoms with Gasteiger partial charge in [0.25, 0.3) is 5.91 Å². The molecule has 0 saturated carbocycles. The minimum absolute atomic E-state index is 0.296. The number of rotatable bonds is 6. The number of carbonyl (C=O) groups excluding carboxylic acids is 2. The molecule has 19 heavy (non-hydrogen) atoms. The summed E-state index contributed by atoms with van der Waals surface area (Å²) >= 11 is 0. The molecule has 1 rings (SSSR count). The molecule has 1 unspecified atom stereocenters. The van der Waals surface area contributed by atoms with Gasteiger partial charge in [-0.05, 0) is 31.5 Å². The maximum atomic E-state index is 11.9. The summed E-state index contributed by atoms with van der Waals surface area (Å²) in [6, 6.07) is 6.36. The van der Waals surface area contributed by atoms with Gasteiger partial charge in [0, 0.05) is 12.7 Å². The van der Waals surface area contributed by atoms with Crippen molar-refractivity contribution in [1.82, 2.24) is 5.32 Å². The van der Waals surface area contributed by atoms with Gasteiger partial charge >= 0.3 is 5.97 Å². The largest absolute Gasteiger partial charge is 0.464 e. The van der Waals surface area contributed by atoms with Crippen molar-refractivity contribution in [3.63, 3.8) is 0 Å². The molecule has 104 valence electrons. The molecule has 5 heteroatoms. The molecule has 5 nitrogen and oxygen atoms in total. The van der Waals surface area contributed by atoms with E-state index in [2.05, 4.69) is 5.32 Å². The molecule has 1 amide bonds. The molecule has 1 aromatic carbocycles. The van der Waals surface area contributed by atoms with Crippen LogP contribution in [0, 0.1) is 0 Å². The van der Waals surface area contributed by atoms with Crippen LogP contribution in [0.25, 0.3) is 0 Å². The second kappa shape index (κ2) is 7.53. The average molecular weight is 265 g/mol. The summed E-state index contributed by atoms with van der Waals surface area (Å²) in [4.78, 5) is 23.3. The standard InChI is InChI=1S/C14H19NO4/c1-4-19-14(17)10(2)15-13(16)12-7-5-11(6-8-12)9-18-3/h5-8,10H,4,9H2,1-3H3,(H,15,16). The first-order valence-corrected chi connectivity index (χ1v) is 6.13. The number of amides is 1. The van der Waals surface area contributed by atoms with E-state index in [1.807, 2.05) is 12.1 Å². The van der Waals surface area contributed by atoms with E-state index in [1.165, 1.54) is 0 Å². The summed E-state index contributed by atoms with van der Waals surface area (Å²) in [5, 5.41) is 2.59. The number of hydrogen-bond donors (Lipinski definition) is 1. The first-order chi connectivity index (χ1) is 9.08. The highest BCUT2D eigenvalue weighted by molar-refractivity contribution is 5.96. The van der Waals surface area contributed by atoms with Crippen LogP contribution in [-0.4, -0.2) is 31.6 Å². The molecule has 1 aromatic rings. The molecule has 0 aromatic heterocycles. The SMILES string of the molecule is CCOC(=O)C(C)NC(=O)c1ccc(COC)cc1. The molecule has 0 bridgehead atoms. The summed E-state index contributed by atoms with van der Waals surface area (Å²) in [6.45, 7) is 4.11. The molecule has 0 saturated heterocycles. The molecule has 0 aliphatic carbocycles. The Morgan fingerprint density at radius 2 is 1.89 bits per heavy atom. The van der Waals surface area contributed by atoms with E-state index in [1.54, 1.807) is 33.1 Å². The topological polar surface area (TPSA) is 64.6 Å². The lowest BCUT2D eigenvalue weighted by atomic mass is 10.1. The molecule has 0 aliphatic heterocycles. The monoisotopic (exact) mass is 265 g/mol. The fourth-order valence-corrected chi connectivity index (χ4v) is 1.53. The first-order valence-electron chi connectivity index (χ1n) is 6.13. The minimum atomic E-state index is -0.661. The Bertz CT molecular complexity index is 428. The Morgan fingerprint density at radius 3 is 2.42 bits per heavy atom. The molecule has 0 heterocycles. The van der Waals surface area contributed by atoms with Gasteiger partial charge in [-0.15, -0.1) is 0 Å². The summed E-state index contributed by atoms with van der Waals surface area (Å²) in [6.07, 6.45) is 0. The zero-order chi connectivity index (χ0) is 14.3. The highest BCUT2D eigenvalue weighted by Gasteiger charge is 2.17. The van der Waals surface area contributed by atoms with E-state index in [-0.39, 0.29) is 5.91 Å². The molecule has 0 radical (unpaired) electrons. The predicted octanol–water partition coefficient (Wildman–Crippen LogP) is 1.51. The van der Waals surface area contributed by atoms with Gasteiger partial charge in [0.2, 0.25) is 0 Å². The van der Waals surface area contributed by atoms with Crippen LogP contribution in [0.1, 0.15) is 29.8 Å². The van der Waals surface area contributed by atoms with E-state index in [9.17, 15) is 9.59 Å². The third kappa shape index (κ3) is 4.71. The summed E-state index contributed by atoms with van der Waals surface area (Å²) in [7, 11) is 1.61. The van der Waals surface area contributed by atoms with Gasteiger partial charge in [0.05, 0.1) is 13.2 Å². The number of hydrogen-bond acceptors (Lipinski definition) is 4. The quantitative estimate of drug-likeness (QED) is 0.792. The Labute approximate surface area is 112 Å². The number of esters is 1.